The summed E-state index contributed by atoms with van der Waals surface area (Å²) in [4.78, 5) is 16.5. The lowest BCUT2D eigenvalue weighted by Crippen LogP contribution is -2.53. The van der Waals surface area contributed by atoms with Crippen LogP contribution >= 0.6 is 12.4 Å². The number of rotatable bonds is 5. The van der Waals surface area contributed by atoms with Crippen molar-refractivity contribution in [2.24, 2.45) is 11.7 Å². The molecular weight excluding hydrogens is 314 g/mol. The molecule has 1 unspecified atom stereocenters. The largest absolute Gasteiger partial charge is 0.345 e. The Labute approximate surface area is 141 Å². The summed E-state index contributed by atoms with van der Waals surface area (Å²) in [6.07, 6.45) is 5.39. The third-order valence-corrected chi connectivity index (χ3v) is 4.44. The summed E-state index contributed by atoms with van der Waals surface area (Å²) in [5, 5.41) is 7.21. The minimum atomic E-state index is -0.311. The van der Waals surface area contributed by atoms with Crippen molar-refractivity contribution in [3.05, 3.63) is 42.0 Å². The van der Waals surface area contributed by atoms with Gasteiger partial charge in [0.2, 0.25) is 0 Å². The highest BCUT2D eigenvalue weighted by Crippen LogP contribution is 2.39. The van der Waals surface area contributed by atoms with Gasteiger partial charge in [-0.1, -0.05) is 0 Å². The van der Waals surface area contributed by atoms with Gasteiger partial charge in [-0.3, -0.25) is 4.79 Å². The van der Waals surface area contributed by atoms with E-state index in [4.69, 9.17) is 5.73 Å². The third kappa shape index (κ3) is 3.54. The van der Waals surface area contributed by atoms with Crippen molar-refractivity contribution in [3.63, 3.8) is 0 Å². The molecule has 1 heterocycles. The van der Waals surface area contributed by atoms with Crippen LogP contribution in [-0.4, -0.2) is 32.8 Å². The van der Waals surface area contributed by atoms with E-state index < -0.39 is 0 Å². The minimum Gasteiger partial charge on any atom is -0.345 e. The number of aryl methyl sites for hydroxylation is 1. The zero-order valence-corrected chi connectivity index (χ0v) is 14.1. The summed E-state index contributed by atoms with van der Waals surface area (Å²) >= 11 is 0. The maximum absolute atomic E-state index is 12.6. The number of nitrogens with two attached hydrogens (primary N) is 1. The van der Waals surface area contributed by atoms with Gasteiger partial charge in [0.1, 0.15) is 12.7 Å². The molecule has 3 N–H and O–H groups in total. The molecule has 6 nitrogen and oxygen atoms in total. The number of nitrogens with zero attached hydrogens (tertiary/aromatic N) is 3. The lowest BCUT2D eigenvalue weighted by molar-refractivity contribution is 0.0897. The standard InChI is InChI=1S/C16H21N5O.ClH/c1-11-7-13(21-10-18-9-19-21)5-6-14(11)15(22)20-16(2,8-17)12-3-4-12;/h5-7,9-10,12H,3-4,8,17H2,1-2H3,(H,20,22);1H. The Bertz CT molecular complexity index is 684. The van der Waals surface area contributed by atoms with E-state index in [1.165, 1.54) is 6.33 Å². The molecule has 1 aromatic heterocycles. The normalized spacial score (nSPS) is 16.3. The van der Waals surface area contributed by atoms with Crippen molar-refractivity contribution < 1.29 is 4.79 Å². The van der Waals surface area contributed by atoms with Crippen LogP contribution in [0.1, 0.15) is 35.7 Å². The number of aromatic nitrogens is 3. The van der Waals surface area contributed by atoms with Crippen molar-refractivity contribution >= 4 is 18.3 Å². The first-order chi connectivity index (χ1) is 10.5. The van der Waals surface area contributed by atoms with Crippen molar-refractivity contribution in [3.8, 4) is 5.69 Å². The van der Waals surface area contributed by atoms with Crippen LogP contribution in [0.3, 0.4) is 0 Å². The fourth-order valence-electron chi connectivity index (χ4n) is 2.75. The molecular formula is C16H22ClN5O. The first-order valence-electron chi connectivity index (χ1n) is 7.52. The summed E-state index contributed by atoms with van der Waals surface area (Å²) in [5.74, 6) is 0.429. The highest BCUT2D eigenvalue weighted by atomic mass is 35.5. The molecule has 0 spiro atoms. The van der Waals surface area contributed by atoms with Crippen molar-refractivity contribution in [1.29, 1.82) is 0 Å². The number of carbonyl (C=O) groups excluding carboxylic acids is 1. The number of hydrogen-bond acceptors (Lipinski definition) is 4. The first-order valence-corrected chi connectivity index (χ1v) is 7.52. The minimum absolute atomic E-state index is 0. The zero-order chi connectivity index (χ0) is 15.7. The summed E-state index contributed by atoms with van der Waals surface area (Å²) in [5.41, 5.74) is 8.01. The zero-order valence-electron chi connectivity index (χ0n) is 13.3. The summed E-state index contributed by atoms with van der Waals surface area (Å²) in [7, 11) is 0. The molecule has 3 rings (SSSR count). The van der Waals surface area contributed by atoms with Gasteiger partial charge >= 0.3 is 0 Å². The average Bonchev–Trinajstić information content (AvgIpc) is 3.23. The molecule has 1 aliphatic rings. The topological polar surface area (TPSA) is 85.8 Å². The molecule has 124 valence electrons. The molecule has 7 heteroatoms. The molecule has 0 aliphatic heterocycles. The molecule has 23 heavy (non-hydrogen) atoms. The van der Waals surface area contributed by atoms with Crippen molar-refractivity contribution in [2.45, 2.75) is 32.2 Å². The lowest BCUT2D eigenvalue weighted by atomic mass is 9.95. The van der Waals surface area contributed by atoms with E-state index in [0.29, 0.717) is 18.0 Å². The van der Waals surface area contributed by atoms with E-state index in [1.54, 1.807) is 11.0 Å². The second-order valence-electron chi connectivity index (χ2n) is 6.19. The van der Waals surface area contributed by atoms with Crippen LogP contribution in [0.2, 0.25) is 0 Å². The maximum atomic E-state index is 12.6. The molecule has 0 bridgehead atoms. The Balaban J connectivity index is 0.00000192. The highest BCUT2D eigenvalue weighted by Gasteiger charge is 2.41. The quantitative estimate of drug-likeness (QED) is 0.873. The number of hydrogen-bond donors (Lipinski definition) is 2. The molecule has 0 saturated heterocycles. The van der Waals surface area contributed by atoms with Gasteiger partial charge in [0, 0.05) is 12.1 Å². The fourth-order valence-corrected chi connectivity index (χ4v) is 2.75. The Morgan fingerprint density at radius 2 is 2.22 bits per heavy atom. The Morgan fingerprint density at radius 3 is 2.74 bits per heavy atom. The smallest absolute Gasteiger partial charge is 0.252 e. The number of carbonyl (C=O) groups is 1. The van der Waals surface area contributed by atoms with Gasteiger partial charge < -0.3 is 11.1 Å². The van der Waals surface area contributed by atoms with E-state index in [-0.39, 0.29) is 23.9 Å². The predicted molar refractivity (Wildman–Crippen MR) is 91.0 cm³/mol. The summed E-state index contributed by atoms with van der Waals surface area (Å²) in [6.45, 7) is 4.41. The predicted octanol–water partition coefficient (Wildman–Crippen LogP) is 1.85. The van der Waals surface area contributed by atoms with E-state index in [0.717, 1.165) is 24.1 Å². The summed E-state index contributed by atoms with van der Waals surface area (Å²) < 4.78 is 1.67. The van der Waals surface area contributed by atoms with Crippen LogP contribution in [-0.2, 0) is 0 Å². The number of amides is 1. The van der Waals surface area contributed by atoms with Gasteiger partial charge in [-0.05, 0) is 56.4 Å². The van der Waals surface area contributed by atoms with Gasteiger partial charge in [0.25, 0.3) is 5.91 Å². The van der Waals surface area contributed by atoms with Crippen LogP contribution in [0.4, 0.5) is 0 Å². The SMILES string of the molecule is Cc1cc(-n2cncn2)ccc1C(=O)NC(C)(CN)C1CC1.Cl. The number of nitrogens with one attached hydrogen (secondary N) is 1. The van der Waals surface area contributed by atoms with E-state index >= 15 is 0 Å². The van der Waals surface area contributed by atoms with E-state index in [1.807, 2.05) is 32.0 Å². The van der Waals surface area contributed by atoms with Crippen LogP contribution < -0.4 is 11.1 Å². The number of benzene rings is 1. The Hall–Kier alpha value is -1.92. The number of halogens is 1. The first kappa shape index (κ1) is 17.4. The average molecular weight is 336 g/mol. The fraction of sp³-hybridized carbons (Fsp3) is 0.438. The Kier molecular flexibility index (Phi) is 5.06. The van der Waals surface area contributed by atoms with Crippen LogP contribution in [0.5, 0.6) is 0 Å². The summed E-state index contributed by atoms with van der Waals surface area (Å²) in [6, 6.07) is 5.62. The third-order valence-electron chi connectivity index (χ3n) is 4.44. The maximum Gasteiger partial charge on any atom is 0.252 e. The molecule has 1 atom stereocenters. The van der Waals surface area contributed by atoms with Crippen molar-refractivity contribution in [2.75, 3.05) is 6.54 Å². The van der Waals surface area contributed by atoms with Gasteiger partial charge in [-0.2, -0.15) is 5.10 Å². The van der Waals surface area contributed by atoms with E-state index in [9.17, 15) is 4.79 Å². The molecule has 1 saturated carbocycles. The molecule has 1 aliphatic carbocycles. The van der Waals surface area contributed by atoms with Crippen LogP contribution in [0.25, 0.3) is 5.69 Å². The highest BCUT2D eigenvalue weighted by molar-refractivity contribution is 5.96. The van der Waals surface area contributed by atoms with Gasteiger partial charge in [-0.25, -0.2) is 9.67 Å². The molecule has 1 aromatic carbocycles. The van der Waals surface area contributed by atoms with Gasteiger partial charge in [0.05, 0.1) is 11.2 Å². The van der Waals surface area contributed by atoms with Crippen molar-refractivity contribution in [1.82, 2.24) is 20.1 Å². The van der Waals surface area contributed by atoms with Crippen LogP contribution in [0, 0.1) is 12.8 Å². The lowest BCUT2D eigenvalue weighted by Gasteiger charge is -2.29. The second-order valence-corrected chi connectivity index (χ2v) is 6.19. The van der Waals surface area contributed by atoms with Gasteiger partial charge in [0.15, 0.2) is 0 Å². The molecule has 1 amide bonds. The van der Waals surface area contributed by atoms with Crippen LogP contribution in [0.15, 0.2) is 30.9 Å². The molecule has 1 fully saturated rings. The van der Waals surface area contributed by atoms with E-state index in [2.05, 4.69) is 15.4 Å². The molecule has 2 aromatic rings. The van der Waals surface area contributed by atoms with Gasteiger partial charge in [-0.15, -0.1) is 12.4 Å². The second kappa shape index (κ2) is 6.68. The monoisotopic (exact) mass is 335 g/mol. The molecule has 0 radical (unpaired) electrons. The Morgan fingerprint density at radius 1 is 1.48 bits per heavy atom.